The summed E-state index contributed by atoms with van der Waals surface area (Å²) in [5, 5.41) is 20.2. The van der Waals surface area contributed by atoms with Gasteiger partial charge in [0.05, 0.1) is 24.1 Å². The Bertz CT molecular complexity index is 755. The maximum atomic E-state index is 12.4. The Morgan fingerprint density at radius 3 is 2.92 bits per heavy atom. The number of H-pyrrole nitrogens is 1. The smallest absolute Gasteiger partial charge is 0.229 e. The fourth-order valence-electron chi connectivity index (χ4n) is 2.97. The Morgan fingerprint density at radius 2 is 2.21 bits per heavy atom. The SMILES string of the molecule is CC(C)[C@H](CO)NC(=O)[C@@H]1CC(=O)N(c2n[nH]c3ccccc23)C1. The number of aromatic amines is 1. The van der Waals surface area contributed by atoms with E-state index in [1.165, 1.54) is 0 Å². The zero-order valence-corrected chi connectivity index (χ0v) is 13.8. The minimum atomic E-state index is -0.430. The number of carbonyl (C=O) groups is 2. The van der Waals surface area contributed by atoms with Crippen LogP contribution in [0.1, 0.15) is 20.3 Å². The summed E-state index contributed by atoms with van der Waals surface area (Å²) < 4.78 is 0. The number of aliphatic hydroxyl groups excluding tert-OH is 1. The summed E-state index contributed by atoms with van der Waals surface area (Å²) in [6.07, 6.45) is 0.156. The molecule has 2 heterocycles. The second-order valence-corrected chi connectivity index (χ2v) is 6.54. The largest absolute Gasteiger partial charge is 0.394 e. The molecule has 0 radical (unpaired) electrons. The van der Waals surface area contributed by atoms with E-state index >= 15 is 0 Å². The van der Waals surface area contributed by atoms with Gasteiger partial charge in [-0.25, -0.2) is 0 Å². The van der Waals surface area contributed by atoms with E-state index in [2.05, 4.69) is 15.5 Å². The lowest BCUT2D eigenvalue weighted by atomic mass is 10.0. The minimum absolute atomic E-state index is 0.113. The monoisotopic (exact) mass is 330 g/mol. The fourth-order valence-corrected chi connectivity index (χ4v) is 2.97. The van der Waals surface area contributed by atoms with E-state index in [0.717, 1.165) is 10.9 Å². The number of nitrogens with zero attached hydrogens (tertiary/aromatic N) is 2. The summed E-state index contributed by atoms with van der Waals surface area (Å²) >= 11 is 0. The third kappa shape index (κ3) is 2.99. The number of benzene rings is 1. The molecule has 1 aliphatic rings. The second kappa shape index (κ2) is 6.60. The molecule has 3 rings (SSSR count). The number of fused-ring (bicyclic) bond motifs is 1. The Morgan fingerprint density at radius 1 is 1.46 bits per heavy atom. The average Bonchev–Trinajstić information content (AvgIpc) is 3.15. The van der Waals surface area contributed by atoms with Crippen LogP contribution in [-0.2, 0) is 9.59 Å². The van der Waals surface area contributed by atoms with Crippen LogP contribution in [-0.4, -0.2) is 46.3 Å². The lowest BCUT2D eigenvalue weighted by molar-refractivity contribution is -0.127. The molecule has 0 aliphatic carbocycles. The van der Waals surface area contributed by atoms with Crippen LogP contribution in [0, 0.1) is 11.8 Å². The highest BCUT2D eigenvalue weighted by Gasteiger charge is 2.37. The van der Waals surface area contributed by atoms with Crippen LogP contribution in [0.3, 0.4) is 0 Å². The minimum Gasteiger partial charge on any atom is -0.394 e. The molecule has 3 N–H and O–H groups in total. The molecule has 7 heteroatoms. The standard InChI is InChI=1S/C17H22N4O3/c1-10(2)14(9-22)18-17(24)11-7-15(23)21(8-11)16-12-5-3-4-6-13(12)19-20-16/h3-6,10-11,14,22H,7-9H2,1-2H3,(H,18,24)(H,19,20)/t11-,14+/m1/s1. The summed E-state index contributed by atoms with van der Waals surface area (Å²) in [5.41, 5.74) is 0.855. The summed E-state index contributed by atoms with van der Waals surface area (Å²) in [6, 6.07) is 7.28. The fraction of sp³-hybridized carbons (Fsp3) is 0.471. The first-order valence-corrected chi connectivity index (χ1v) is 8.16. The molecule has 0 saturated carbocycles. The summed E-state index contributed by atoms with van der Waals surface area (Å²) in [5.74, 6) is -0.0485. The van der Waals surface area contributed by atoms with Crippen molar-refractivity contribution in [2.24, 2.45) is 11.8 Å². The molecule has 2 aromatic rings. The van der Waals surface area contributed by atoms with Crippen LogP contribution in [0.4, 0.5) is 5.82 Å². The van der Waals surface area contributed by atoms with Crippen molar-refractivity contribution in [3.63, 3.8) is 0 Å². The van der Waals surface area contributed by atoms with Gasteiger partial charge in [-0.05, 0) is 18.1 Å². The van der Waals surface area contributed by atoms with Crippen molar-refractivity contribution in [3.05, 3.63) is 24.3 Å². The van der Waals surface area contributed by atoms with E-state index in [-0.39, 0.29) is 36.8 Å². The van der Waals surface area contributed by atoms with E-state index in [0.29, 0.717) is 12.4 Å². The lowest BCUT2D eigenvalue weighted by Gasteiger charge is -2.22. The highest BCUT2D eigenvalue weighted by molar-refractivity contribution is 6.05. The summed E-state index contributed by atoms with van der Waals surface area (Å²) in [4.78, 5) is 26.3. The van der Waals surface area contributed by atoms with Gasteiger partial charge in [0, 0.05) is 18.4 Å². The normalized spacial score (nSPS) is 19.2. The Labute approximate surface area is 140 Å². The van der Waals surface area contributed by atoms with E-state index in [1.54, 1.807) is 4.90 Å². The summed E-state index contributed by atoms with van der Waals surface area (Å²) in [7, 11) is 0. The number of rotatable bonds is 5. The molecule has 1 aromatic heterocycles. The van der Waals surface area contributed by atoms with Crippen molar-refractivity contribution in [2.45, 2.75) is 26.3 Å². The number of aromatic nitrogens is 2. The maximum absolute atomic E-state index is 12.4. The van der Waals surface area contributed by atoms with Crippen molar-refractivity contribution >= 4 is 28.5 Å². The van der Waals surface area contributed by atoms with E-state index in [1.807, 2.05) is 38.1 Å². The highest BCUT2D eigenvalue weighted by Crippen LogP contribution is 2.29. The maximum Gasteiger partial charge on any atom is 0.229 e. The van der Waals surface area contributed by atoms with Crippen molar-refractivity contribution in [3.8, 4) is 0 Å². The van der Waals surface area contributed by atoms with Crippen LogP contribution in [0.2, 0.25) is 0 Å². The van der Waals surface area contributed by atoms with Crippen LogP contribution in [0.15, 0.2) is 24.3 Å². The van der Waals surface area contributed by atoms with Gasteiger partial charge in [-0.2, -0.15) is 5.10 Å². The van der Waals surface area contributed by atoms with Gasteiger partial charge in [0.1, 0.15) is 0 Å². The molecule has 1 saturated heterocycles. The van der Waals surface area contributed by atoms with Crippen molar-refractivity contribution in [1.82, 2.24) is 15.5 Å². The number of para-hydroxylation sites is 1. The van der Waals surface area contributed by atoms with Gasteiger partial charge in [-0.15, -0.1) is 0 Å². The van der Waals surface area contributed by atoms with Crippen LogP contribution < -0.4 is 10.2 Å². The quantitative estimate of drug-likeness (QED) is 0.763. The first-order valence-electron chi connectivity index (χ1n) is 8.16. The van der Waals surface area contributed by atoms with Gasteiger partial charge in [-0.3, -0.25) is 19.6 Å². The van der Waals surface area contributed by atoms with E-state index in [9.17, 15) is 14.7 Å². The number of aliphatic hydroxyl groups is 1. The molecule has 0 bridgehead atoms. The second-order valence-electron chi connectivity index (χ2n) is 6.54. The molecule has 1 aromatic carbocycles. The third-order valence-corrected chi connectivity index (χ3v) is 4.53. The molecule has 2 amide bonds. The van der Waals surface area contributed by atoms with Crippen molar-refractivity contribution in [1.29, 1.82) is 0 Å². The van der Waals surface area contributed by atoms with Gasteiger partial charge in [0.2, 0.25) is 11.8 Å². The number of nitrogens with one attached hydrogen (secondary N) is 2. The number of anilines is 1. The molecular formula is C17H22N4O3. The predicted octanol–water partition coefficient (Wildman–Crippen LogP) is 1.05. The Balaban J connectivity index is 1.75. The third-order valence-electron chi connectivity index (χ3n) is 4.53. The van der Waals surface area contributed by atoms with Crippen molar-refractivity contribution < 1.29 is 14.7 Å². The lowest BCUT2D eigenvalue weighted by Crippen LogP contribution is -2.44. The zero-order chi connectivity index (χ0) is 17.3. The molecular weight excluding hydrogens is 308 g/mol. The average molecular weight is 330 g/mol. The molecule has 24 heavy (non-hydrogen) atoms. The Hall–Kier alpha value is -2.41. The van der Waals surface area contributed by atoms with Crippen molar-refractivity contribution in [2.75, 3.05) is 18.1 Å². The number of hydrogen-bond acceptors (Lipinski definition) is 4. The van der Waals surface area contributed by atoms with Crippen LogP contribution >= 0.6 is 0 Å². The predicted molar refractivity (Wildman–Crippen MR) is 90.4 cm³/mol. The number of hydrogen-bond donors (Lipinski definition) is 3. The van der Waals surface area contributed by atoms with E-state index < -0.39 is 5.92 Å². The highest BCUT2D eigenvalue weighted by atomic mass is 16.3. The topological polar surface area (TPSA) is 98.3 Å². The van der Waals surface area contributed by atoms with Crippen LogP contribution in [0.25, 0.3) is 10.9 Å². The van der Waals surface area contributed by atoms with Gasteiger partial charge in [0.25, 0.3) is 0 Å². The molecule has 0 unspecified atom stereocenters. The van der Waals surface area contributed by atoms with Gasteiger partial charge in [0.15, 0.2) is 5.82 Å². The van der Waals surface area contributed by atoms with Gasteiger partial charge >= 0.3 is 0 Å². The molecule has 1 aliphatic heterocycles. The number of carbonyl (C=O) groups excluding carboxylic acids is 2. The first kappa shape index (κ1) is 16.4. The van der Waals surface area contributed by atoms with Crippen LogP contribution in [0.5, 0.6) is 0 Å². The van der Waals surface area contributed by atoms with Gasteiger partial charge < -0.3 is 10.4 Å². The number of amides is 2. The zero-order valence-electron chi connectivity index (χ0n) is 13.8. The first-order chi connectivity index (χ1) is 11.5. The van der Waals surface area contributed by atoms with E-state index in [4.69, 9.17) is 0 Å². The Kier molecular flexibility index (Phi) is 4.53. The summed E-state index contributed by atoms with van der Waals surface area (Å²) in [6.45, 7) is 4.06. The molecule has 7 nitrogen and oxygen atoms in total. The molecule has 2 atom stereocenters. The molecule has 128 valence electrons. The molecule has 1 fully saturated rings. The molecule has 0 spiro atoms. The van der Waals surface area contributed by atoms with Gasteiger partial charge in [-0.1, -0.05) is 26.0 Å².